The predicted octanol–water partition coefficient (Wildman–Crippen LogP) is 1.27. The van der Waals surface area contributed by atoms with Crippen LogP contribution < -0.4 is 11.1 Å². The van der Waals surface area contributed by atoms with E-state index in [9.17, 15) is 13.2 Å². The second kappa shape index (κ2) is 8.24. The fourth-order valence-corrected chi connectivity index (χ4v) is 2.88. The molecule has 0 bridgehead atoms. The van der Waals surface area contributed by atoms with Crippen LogP contribution in [0.2, 0.25) is 0 Å². The van der Waals surface area contributed by atoms with Crippen molar-refractivity contribution >= 4 is 45.4 Å². The van der Waals surface area contributed by atoms with Gasteiger partial charge in [-0.05, 0) is 24.3 Å². The Morgan fingerprint density at radius 1 is 1.21 bits per heavy atom. The quantitative estimate of drug-likeness (QED) is 0.738. The Kier molecular flexibility index (Phi) is 7.82. The van der Waals surface area contributed by atoms with Gasteiger partial charge in [0, 0.05) is 23.7 Å². The minimum Gasteiger partial charge on any atom is -0.384 e. The van der Waals surface area contributed by atoms with Gasteiger partial charge in [0.1, 0.15) is 0 Å². The predicted molar refractivity (Wildman–Crippen MR) is 80.1 cm³/mol. The molecule has 0 saturated heterocycles. The molecule has 1 amide bonds. The average Bonchev–Trinajstić information content (AvgIpc) is 2.29. The number of carbonyl (C=O) groups excluding carboxylic acids is 1. The SMILES string of the molecule is Cl.NC(=O)c1ccc(NCCS(=O)(=O)CCCl)cc1. The van der Waals surface area contributed by atoms with Gasteiger partial charge in [0.25, 0.3) is 0 Å². The van der Waals surface area contributed by atoms with Crippen LogP contribution in [0.25, 0.3) is 0 Å². The summed E-state index contributed by atoms with van der Waals surface area (Å²) in [6.07, 6.45) is 0. The lowest BCUT2D eigenvalue weighted by atomic mass is 10.2. The maximum Gasteiger partial charge on any atom is 0.248 e. The van der Waals surface area contributed by atoms with Gasteiger partial charge in [0.15, 0.2) is 9.84 Å². The Morgan fingerprint density at radius 2 is 1.79 bits per heavy atom. The Morgan fingerprint density at radius 3 is 2.26 bits per heavy atom. The number of halogens is 2. The first-order valence-corrected chi connectivity index (χ1v) is 7.70. The maximum absolute atomic E-state index is 11.4. The van der Waals surface area contributed by atoms with Crippen LogP contribution in [0.3, 0.4) is 0 Å². The van der Waals surface area contributed by atoms with Crippen molar-refractivity contribution < 1.29 is 13.2 Å². The fraction of sp³-hybridized carbons (Fsp3) is 0.364. The van der Waals surface area contributed by atoms with Gasteiger partial charge in [-0.3, -0.25) is 4.79 Å². The number of sulfone groups is 1. The van der Waals surface area contributed by atoms with E-state index in [0.717, 1.165) is 5.69 Å². The molecule has 0 unspecified atom stereocenters. The van der Waals surface area contributed by atoms with Gasteiger partial charge >= 0.3 is 0 Å². The Labute approximate surface area is 123 Å². The smallest absolute Gasteiger partial charge is 0.248 e. The normalized spacial score (nSPS) is 10.6. The minimum atomic E-state index is -3.09. The van der Waals surface area contributed by atoms with Crippen LogP contribution in [0.1, 0.15) is 10.4 Å². The molecule has 0 spiro atoms. The molecule has 0 fully saturated rings. The third-order valence-corrected chi connectivity index (χ3v) is 4.37. The molecular weight excluding hydrogens is 311 g/mol. The van der Waals surface area contributed by atoms with Crippen molar-refractivity contribution in [2.24, 2.45) is 5.73 Å². The number of hydrogen-bond donors (Lipinski definition) is 2. The first-order valence-electron chi connectivity index (χ1n) is 5.35. The molecule has 0 saturated carbocycles. The molecule has 0 aliphatic heterocycles. The molecule has 108 valence electrons. The largest absolute Gasteiger partial charge is 0.384 e. The van der Waals surface area contributed by atoms with Gasteiger partial charge < -0.3 is 11.1 Å². The van der Waals surface area contributed by atoms with Crippen molar-refractivity contribution in [1.29, 1.82) is 0 Å². The zero-order valence-corrected chi connectivity index (χ0v) is 12.5. The minimum absolute atomic E-state index is 0. The number of benzene rings is 1. The Balaban J connectivity index is 0.00000324. The average molecular weight is 327 g/mol. The summed E-state index contributed by atoms with van der Waals surface area (Å²) in [5, 5.41) is 2.95. The van der Waals surface area contributed by atoms with Crippen LogP contribution in [0.15, 0.2) is 24.3 Å². The van der Waals surface area contributed by atoms with E-state index in [-0.39, 0.29) is 29.8 Å². The van der Waals surface area contributed by atoms with E-state index in [1.54, 1.807) is 24.3 Å². The van der Waals surface area contributed by atoms with Crippen molar-refractivity contribution in [2.75, 3.05) is 29.2 Å². The topological polar surface area (TPSA) is 89.3 Å². The van der Waals surface area contributed by atoms with Crippen LogP contribution in [0.5, 0.6) is 0 Å². The summed E-state index contributed by atoms with van der Waals surface area (Å²) in [5.41, 5.74) is 6.25. The van der Waals surface area contributed by atoms with Gasteiger partial charge in [-0.2, -0.15) is 0 Å². The molecule has 1 aromatic rings. The summed E-state index contributed by atoms with van der Waals surface area (Å²) in [6, 6.07) is 6.51. The molecule has 0 aliphatic carbocycles. The fourth-order valence-electron chi connectivity index (χ4n) is 1.32. The van der Waals surface area contributed by atoms with Crippen molar-refractivity contribution in [1.82, 2.24) is 0 Å². The number of alkyl halides is 1. The first kappa shape index (κ1) is 18.0. The lowest BCUT2D eigenvalue weighted by Gasteiger charge is -2.07. The Hall–Kier alpha value is -0.980. The van der Waals surface area contributed by atoms with E-state index in [1.807, 2.05) is 0 Å². The molecular formula is C11H16Cl2N2O3S. The molecule has 1 rings (SSSR count). The zero-order chi connectivity index (χ0) is 13.6. The summed E-state index contributed by atoms with van der Waals surface area (Å²) >= 11 is 5.39. The maximum atomic E-state index is 11.4. The van der Waals surface area contributed by atoms with Crippen molar-refractivity contribution in [3.63, 3.8) is 0 Å². The summed E-state index contributed by atoms with van der Waals surface area (Å²) in [7, 11) is -3.09. The molecule has 19 heavy (non-hydrogen) atoms. The van der Waals surface area contributed by atoms with E-state index in [2.05, 4.69) is 5.32 Å². The highest BCUT2D eigenvalue weighted by Crippen LogP contribution is 2.08. The van der Waals surface area contributed by atoms with E-state index in [4.69, 9.17) is 17.3 Å². The van der Waals surface area contributed by atoms with Gasteiger partial charge in [-0.15, -0.1) is 24.0 Å². The molecule has 0 aromatic heterocycles. The van der Waals surface area contributed by atoms with Crippen LogP contribution in [-0.4, -0.2) is 38.3 Å². The molecule has 1 aromatic carbocycles. The van der Waals surface area contributed by atoms with Crippen molar-refractivity contribution in [2.45, 2.75) is 0 Å². The summed E-state index contributed by atoms with van der Waals surface area (Å²) < 4.78 is 22.8. The number of anilines is 1. The third kappa shape index (κ3) is 6.66. The number of rotatable bonds is 7. The van der Waals surface area contributed by atoms with Crippen LogP contribution in [-0.2, 0) is 9.84 Å². The van der Waals surface area contributed by atoms with E-state index < -0.39 is 15.7 Å². The lowest BCUT2D eigenvalue weighted by Crippen LogP contribution is -2.19. The molecule has 0 radical (unpaired) electrons. The zero-order valence-electron chi connectivity index (χ0n) is 10.1. The number of hydrogen-bond acceptors (Lipinski definition) is 4. The molecule has 5 nitrogen and oxygen atoms in total. The first-order chi connectivity index (χ1) is 8.44. The van der Waals surface area contributed by atoms with Gasteiger partial charge in [0.05, 0.1) is 11.5 Å². The number of primary amides is 1. The summed E-state index contributed by atoms with van der Waals surface area (Å²) in [6.45, 7) is 0.301. The summed E-state index contributed by atoms with van der Waals surface area (Å²) in [5.74, 6) is -0.379. The van der Waals surface area contributed by atoms with Crippen LogP contribution in [0, 0.1) is 0 Å². The standard InChI is InChI=1S/C11H15ClN2O3S.ClH/c12-5-7-18(16,17)8-6-14-10-3-1-9(2-4-10)11(13)15;/h1-4,14H,5-8H2,(H2,13,15);1H. The molecule has 3 N–H and O–H groups in total. The molecule has 0 aliphatic rings. The number of nitrogens with two attached hydrogens (primary N) is 1. The Bertz CT molecular complexity index is 503. The number of amides is 1. The highest BCUT2D eigenvalue weighted by Gasteiger charge is 2.09. The summed E-state index contributed by atoms with van der Waals surface area (Å²) in [4.78, 5) is 10.8. The van der Waals surface area contributed by atoms with Gasteiger partial charge in [0.2, 0.25) is 5.91 Å². The highest BCUT2D eigenvalue weighted by molar-refractivity contribution is 7.91. The number of carbonyl (C=O) groups is 1. The van der Waals surface area contributed by atoms with Crippen LogP contribution >= 0.6 is 24.0 Å². The van der Waals surface area contributed by atoms with E-state index in [1.165, 1.54) is 0 Å². The van der Waals surface area contributed by atoms with E-state index >= 15 is 0 Å². The van der Waals surface area contributed by atoms with Crippen molar-refractivity contribution in [3.8, 4) is 0 Å². The molecule has 0 heterocycles. The van der Waals surface area contributed by atoms with Crippen molar-refractivity contribution in [3.05, 3.63) is 29.8 Å². The number of nitrogens with one attached hydrogen (secondary N) is 1. The highest BCUT2D eigenvalue weighted by atomic mass is 35.5. The monoisotopic (exact) mass is 326 g/mol. The molecule has 8 heteroatoms. The van der Waals surface area contributed by atoms with Gasteiger partial charge in [-0.1, -0.05) is 0 Å². The van der Waals surface area contributed by atoms with Crippen LogP contribution in [0.4, 0.5) is 5.69 Å². The van der Waals surface area contributed by atoms with E-state index in [0.29, 0.717) is 12.1 Å². The second-order valence-corrected chi connectivity index (χ2v) is 6.39. The van der Waals surface area contributed by atoms with Gasteiger partial charge in [-0.25, -0.2) is 8.42 Å². The second-order valence-electron chi connectivity index (χ2n) is 3.71. The molecule has 0 atom stereocenters. The third-order valence-electron chi connectivity index (χ3n) is 2.30. The lowest BCUT2D eigenvalue weighted by molar-refractivity contribution is 0.100.